The second-order valence-electron chi connectivity index (χ2n) is 7.49. The first-order valence-electron chi connectivity index (χ1n) is 8.91. The maximum absolute atomic E-state index is 12.7. The molecule has 2 fully saturated rings. The van der Waals surface area contributed by atoms with E-state index < -0.39 is 5.97 Å². The van der Waals surface area contributed by atoms with Crippen molar-refractivity contribution in [2.45, 2.75) is 33.1 Å². The van der Waals surface area contributed by atoms with Crippen LogP contribution >= 0.6 is 0 Å². The second-order valence-corrected chi connectivity index (χ2v) is 7.49. The van der Waals surface area contributed by atoms with Crippen LogP contribution in [0.25, 0.3) is 5.82 Å². The zero-order valence-electron chi connectivity index (χ0n) is 15.0. The third-order valence-electron chi connectivity index (χ3n) is 5.76. The summed E-state index contributed by atoms with van der Waals surface area (Å²) in [5.41, 5.74) is 2.40. The SMILES string of the molecule is Cc1cc(C)n(-c2ccc(C(=O)N3CCC4(CC3)CC4C(=O)O)cn2)n1. The highest BCUT2D eigenvalue weighted by atomic mass is 16.4. The summed E-state index contributed by atoms with van der Waals surface area (Å²) in [7, 11) is 0. The Morgan fingerprint density at radius 1 is 1.23 bits per heavy atom. The summed E-state index contributed by atoms with van der Waals surface area (Å²) in [6.07, 6.45) is 3.89. The third kappa shape index (κ3) is 2.77. The molecule has 26 heavy (non-hydrogen) atoms. The molecule has 1 saturated heterocycles. The van der Waals surface area contributed by atoms with Crippen LogP contribution in [0.4, 0.5) is 0 Å². The van der Waals surface area contributed by atoms with Crippen molar-refractivity contribution in [3.63, 3.8) is 0 Å². The summed E-state index contributed by atoms with van der Waals surface area (Å²) in [5, 5.41) is 13.6. The Morgan fingerprint density at radius 3 is 2.46 bits per heavy atom. The van der Waals surface area contributed by atoms with Crippen molar-refractivity contribution in [1.29, 1.82) is 0 Å². The monoisotopic (exact) mass is 354 g/mol. The fraction of sp³-hybridized carbons (Fsp3) is 0.474. The number of likely N-dealkylation sites (tertiary alicyclic amines) is 1. The Kier molecular flexibility index (Phi) is 3.82. The van der Waals surface area contributed by atoms with Crippen LogP contribution in [-0.2, 0) is 4.79 Å². The summed E-state index contributed by atoms with van der Waals surface area (Å²) in [4.78, 5) is 30.1. The average Bonchev–Trinajstić information content (AvgIpc) is 3.22. The largest absolute Gasteiger partial charge is 0.481 e. The standard InChI is InChI=1S/C19H22N4O3/c1-12-9-13(2)23(21-12)16-4-3-14(11-20-16)17(24)22-7-5-19(6-8-22)10-15(19)18(25)26/h3-4,9,11,15H,5-8,10H2,1-2H3,(H,25,26). The molecule has 2 aromatic rings. The number of carboxylic acids is 1. The van der Waals surface area contributed by atoms with Gasteiger partial charge in [0.2, 0.25) is 0 Å². The predicted molar refractivity (Wildman–Crippen MR) is 94.1 cm³/mol. The molecule has 1 N–H and O–H groups in total. The molecule has 2 aromatic heterocycles. The first-order valence-corrected chi connectivity index (χ1v) is 8.91. The first-order chi connectivity index (χ1) is 12.4. The van der Waals surface area contributed by atoms with Gasteiger partial charge in [-0.05, 0) is 56.7 Å². The number of aliphatic carboxylic acids is 1. The number of hydrogen-bond acceptors (Lipinski definition) is 4. The number of amides is 1. The number of hydrogen-bond donors (Lipinski definition) is 1. The highest BCUT2D eigenvalue weighted by Crippen LogP contribution is 2.59. The Labute approximate surface area is 151 Å². The number of nitrogens with zero attached hydrogens (tertiary/aromatic N) is 4. The van der Waals surface area contributed by atoms with Gasteiger partial charge in [0.25, 0.3) is 5.91 Å². The molecular weight excluding hydrogens is 332 g/mol. The van der Waals surface area contributed by atoms with Crippen LogP contribution in [0, 0.1) is 25.2 Å². The van der Waals surface area contributed by atoms with Crippen LogP contribution in [0.5, 0.6) is 0 Å². The van der Waals surface area contributed by atoms with Crippen molar-refractivity contribution in [1.82, 2.24) is 19.7 Å². The van der Waals surface area contributed by atoms with E-state index in [2.05, 4.69) is 10.1 Å². The first kappa shape index (κ1) is 16.8. The Morgan fingerprint density at radius 2 is 1.96 bits per heavy atom. The van der Waals surface area contributed by atoms with Gasteiger partial charge in [0.15, 0.2) is 5.82 Å². The lowest BCUT2D eigenvalue weighted by atomic mass is 9.90. The molecule has 1 atom stereocenters. The lowest BCUT2D eigenvalue weighted by Gasteiger charge is -2.32. The van der Waals surface area contributed by atoms with Crippen molar-refractivity contribution < 1.29 is 14.7 Å². The van der Waals surface area contributed by atoms with E-state index in [1.807, 2.05) is 24.8 Å². The highest BCUT2D eigenvalue weighted by Gasteiger charge is 2.59. The van der Waals surface area contributed by atoms with Gasteiger partial charge in [0.1, 0.15) is 0 Å². The van der Waals surface area contributed by atoms with Crippen LogP contribution < -0.4 is 0 Å². The van der Waals surface area contributed by atoms with Crippen molar-refractivity contribution >= 4 is 11.9 Å². The molecule has 0 radical (unpaired) electrons. The molecule has 1 aliphatic heterocycles. The summed E-state index contributed by atoms with van der Waals surface area (Å²) < 4.78 is 1.76. The van der Waals surface area contributed by atoms with E-state index in [0.717, 1.165) is 30.7 Å². The van der Waals surface area contributed by atoms with E-state index in [1.165, 1.54) is 0 Å². The van der Waals surface area contributed by atoms with Crippen LogP contribution in [-0.4, -0.2) is 49.7 Å². The van der Waals surface area contributed by atoms with Gasteiger partial charge >= 0.3 is 5.97 Å². The molecule has 1 unspecified atom stereocenters. The van der Waals surface area contributed by atoms with Crippen molar-refractivity contribution in [2.24, 2.45) is 11.3 Å². The normalized spacial score (nSPS) is 21.0. The van der Waals surface area contributed by atoms with Crippen LogP contribution in [0.3, 0.4) is 0 Å². The average molecular weight is 354 g/mol. The maximum atomic E-state index is 12.7. The lowest BCUT2D eigenvalue weighted by molar-refractivity contribution is -0.139. The molecule has 0 bridgehead atoms. The zero-order chi connectivity index (χ0) is 18.5. The molecule has 7 nitrogen and oxygen atoms in total. The number of carboxylic acid groups (broad SMARTS) is 1. The van der Waals surface area contributed by atoms with Gasteiger partial charge in [-0.3, -0.25) is 9.59 Å². The smallest absolute Gasteiger partial charge is 0.307 e. The number of aromatic nitrogens is 3. The molecule has 1 aliphatic carbocycles. The Balaban J connectivity index is 1.43. The Hall–Kier alpha value is -2.70. The maximum Gasteiger partial charge on any atom is 0.307 e. The van der Waals surface area contributed by atoms with Gasteiger partial charge in [0, 0.05) is 25.0 Å². The van der Waals surface area contributed by atoms with E-state index in [9.17, 15) is 9.59 Å². The molecule has 1 saturated carbocycles. The number of pyridine rings is 1. The van der Waals surface area contributed by atoms with E-state index in [0.29, 0.717) is 24.5 Å². The number of rotatable bonds is 3. The zero-order valence-corrected chi connectivity index (χ0v) is 15.0. The van der Waals surface area contributed by atoms with Gasteiger partial charge in [-0.25, -0.2) is 9.67 Å². The minimum Gasteiger partial charge on any atom is -0.481 e. The van der Waals surface area contributed by atoms with Gasteiger partial charge in [0.05, 0.1) is 17.2 Å². The molecule has 7 heteroatoms. The fourth-order valence-electron chi connectivity index (χ4n) is 4.09. The summed E-state index contributed by atoms with van der Waals surface area (Å²) >= 11 is 0. The fourth-order valence-corrected chi connectivity index (χ4v) is 4.09. The van der Waals surface area contributed by atoms with E-state index in [4.69, 9.17) is 5.11 Å². The lowest BCUT2D eigenvalue weighted by Crippen LogP contribution is -2.40. The van der Waals surface area contributed by atoms with Crippen LogP contribution in [0.15, 0.2) is 24.4 Å². The van der Waals surface area contributed by atoms with Gasteiger partial charge < -0.3 is 10.0 Å². The molecule has 2 aliphatic rings. The van der Waals surface area contributed by atoms with Crippen LogP contribution in [0.1, 0.15) is 41.0 Å². The number of carbonyl (C=O) groups is 2. The molecule has 1 amide bonds. The van der Waals surface area contributed by atoms with E-state index in [1.54, 1.807) is 23.0 Å². The van der Waals surface area contributed by atoms with Crippen molar-refractivity contribution in [3.05, 3.63) is 41.3 Å². The van der Waals surface area contributed by atoms with Gasteiger partial charge in [-0.15, -0.1) is 0 Å². The number of piperidine rings is 1. The molecule has 4 rings (SSSR count). The van der Waals surface area contributed by atoms with Gasteiger partial charge in [-0.1, -0.05) is 0 Å². The minimum atomic E-state index is -0.700. The van der Waals surface area contributed by atoms with Crippen molar-refractivity contribution in [2.75, 3.05) is 13.1 Å². The van der Waals surface area contributed by atoms with Crippen LogP contribution in [0.2, 0.25) is 0 Å². The van der Waals surface area contributed by atoms with E-state index in [-0.39, 0.29) is 17.2 Å². The topological polar surface area (TPSA) is 88.3 Å². The molecule has 0 aromatic carbocycles. The summed E-state index contributed by atoms with van der Waals surface area (Å²) in [6, 6.07) is 5.56. The highest BCUT2D eigenvalue weighted by molar-refractivity contribution is 5.94. The number of carbonyl (C=O) groups excluding carboxylic acids is 1. The second kappa shape index (κ2) is 5.93. The van der Waals surface area contributed by atoms with Gasteiger partial charge in [-0.2, -0.15) is 5.10 Å². The third-order valence-corrected chi connectivity index (χ3v) is 5.76. The molecule has 3 heterocycles. The van der Waals surface area contributed by atoms with Crippen molar-refractivity contribution in [3.8, 4) is 5.82 Å². The summed E-state index contributed by atoms with van der Waals surface area (Å²) in [5.74, 6) is -0.276. The molecule has 136 valence electrons. The quantitative estimate of drug-likeness (QED) is 0.913. The predicted octanol–water partition coefficient (Wildman–Crippen LogP) is 2.21. The number of aryl methyl sites for hydroxylation is 2. The summed E-state index contributed by atoms with van der Waals surface area (Å²) in [6.45, 7) is 5.12. The minimum absolute atomic E-state index is 0.0419. The molecule has 1 spiro atoms. The van der Waals surface area contributed by atoms with E-state index >= 15 is 0 Å². The molecular formula is C19H22N4O3. The Bertz CT molecular complexity index is 863.